The van der Waals surface area contributed by atoms with Gasteiger partial charge >= 0.3 is 0 Å². The third-order valence-electron chi connectivity index (χ3n) is 3.27. The number of hydrogen-bond acceptors (Lipinski definition) is 3. The molecule has 2 aliphatic rings. The Kier molecular flexibility index (Phi) is 2.02. The summed E-state index contributed by atoms with van der Waals surface area (Å²) in [5.41, 5.74) is 2.02. The molecule has 2 aliphatic heterocycles. The summed E-state index contributed by atoms with van der Waals surface area (Å²) >= 11 is 0. The zero-order valence-corrected chi connectivity index (χ0v) is 9.21. The van der Waals surface area contributed by atoms with Gasteiger partial charge < -0.3 is 14.4 Å². The zero-order chi connectivity index (χ0) is 11.3. The lowest BCUT2D eigenvalue weighted by Gasteiger charge is -2.09. The summed E-state index contributed by atoms with van der Waals surface area (Å²) in [6.45, 7) is 0. The van der Waals surface area contributed by atoms with E-state index in [-0.39, 0.29) is 24.2 Å². The lowest BCUT2D eigenvalue weighted by atomic mass is 9.97. The van der Waals surface area contributed by atoms with E-state index in [1.807, 2.05) is 24.3 Å². The van der Waals surface area contributed by atoms with E-state index in [9.17, 15) is 4.79 Å². The van der Waals surface area contributed by atoms with Gasteiger partial charge in [0.1, 0.15) is 6.10 Å². The van der Waals surface area contributed by atoms with Crippen molar-refractivity contribution in [2.45, 2.75) is 18.3 Å². The summed E-state index contributed by atoms with van der Waals surface area (Å²) in [5, 5.41) is 0. The number of amides is 1. The summed E-state index contributed by atoms with van der Waals surface area (Å²) in [7, 11) is 3.39. The van der Waals surface area contributed by atoms with Crippen molar-refractivity contribution in [2.75, 3.05) is 19.1 Å². The Bertz CT molecular complexity index is 446. The zero-order valence-electron chi connectivity index (χ0n) is 9.21. The van der Waals surface area contributed by atoms with Crippen molar-refractivity contribution in [1.29, 1.82) is 0 Å². The van der Waals surface area contributed by atoms with Gasteiger partial charge in [0.2, 0.25) is 5.91 Å². The molecular formula is C12H13NO3. The first kappa shape index (κ1) is 9.81. The topological polar surface area (TPSA) is 42.1 Å². The lowest BCUT2D eigenvalue weighted by Crippen LogP contribution is -2.27. The van der Waals surface area contributed by atoms with E-state index in [1.165, 1.54) is 0 Å². The first-order valence-corrected chi connectivity index (χ1v) is 5.29. The summed E-state index contributed by atoms with van der Waals surface area (Å²) in [5.74, 6) is -0.114. The number of likely N-dealkylation sites (N-methyl/N-ethyl adjacent to an activating group) is 1. The maximum absolute atomic E-state index is 12.1. The summed E-state index contributed by atoms with van der Waals surface area (Å²) in [6.07, 6.45) is -0.350. The van der Waals surface area contributed by atoms with Gasteiger partial charge in [0.15, 0.2) is 6.29 Å². The Morgan fingerprint density at radius 1 is 1.38 bits per heavy atom. The van der Waals surface area contributed by atoms with Crippen LogP contribution in [0.2, 0.25) is 0 Å². The number of nitrogens with zero attached hydrogens (tertiary/aromatic N) is 1. The van der Waals surface area contributed by atoms with Crippen LogP contribution in [-0.2, 0) is 14.3 Å². The molecule has 0 bridgehead atoms. The summed E-state index contributed by atoms with van der Waals surface area (Å²) < 4.78 is 10.4. The molecule has 0 radical (unpaired) electrons. The average Bonchev–Trinajstić information content (AvgIpc) is 3.03. The van der Waals surface area contributed by atoms with E-state index in [4.69, 9.17) is 9.47 Å². The van der Waals surface area contributed by atoms with Gasteiger partial charge in [-0.25, -0.2) is 0 Å². The second-order valence-corrected chi connectivity index (χ2v) is 4.14. The molecule has 4 heteroatoms. The van der Waals surface area contributed by atoms with Gasteiger partial charge in [-0.2, -0.15) is 0 Å². The fourth-order valence-electron chi connectivity index (χ4n) is 2.37. The van der Waals surface area contributed by atoms with Crippen LogP contribution in [0.4, 0.5) is 5.69 Å². The smallest absolute Gasteiger partial charge is 0.237 e. The molecule has 0 spiro atoms. The maximum Gasteiger partial charge on any atom is 0.237 e. The Hall–Kier alpha value is -1.39. The van der Waals surface area contributed by atoms with Gasteiger partial charge in [-0.3, -0.25) is 4.79 Å². The van der Waals surface area contributed by atoms with Crippen LogP contribution in [0.1, 0.15) is 11.5 Å². The van der Waals surface area contributed by atoms with Gasteiger partial charge in [-0.05, 0) is 11.6 Å². The Labute approximate surface area is 93.8 Å². The van der Waals surface area contributed by atoms with E-state index in [0.29, 0.717) is 0 Å². The second-order valence-electron chi connectivity index (χ2n) is 4.14. The molecule has 1 amide bonds. The number of benzene rings is 1. The average molecular weight is 219 g/mol. The Morgan fingerprint density at radius 3 is 2.81 bits per heavy atom. The highest BCUT2D eigenvalue weighted by molar-refractivity contribution is 6.05. The molecule has 0 aromatic heterocycles. The molecule has 1 unspecified atom stereocenters. The van der Waals surface area contributed by atoms with Crippen LogP contribution < -0.4 is 4.90 Å². The standard InChI is InChI=1S/C12H13NO3/c1-13-8-6-4-3-5-7(8)9(11(13)14)10-12(15-2)16-10/h3-6,9-10,12H,1-2H3/t9?,10-,12-/m0/s1. The van der Waals surface area contributed by atoms with E-state index in [1.54, 1.807) is 19.1 Å². The molecule has 1 saturated heterocycles. The molecule has 1 aromatic rings. The van der Waals surface area contributed by atoms with Crippen molar-refractivity contribution >= 4 is 11.6 Å². The number of fused-ring (bicyclic) bond motifs is 1. The highest BCUT2D eigenvalue weighted by Crippen LogP contribution is 2.45. The number of methoxy groups -OCH3 is 1. The van der Waals surface area contributed by atoms with Crippen molar-refractivity contribution in [3.05, 3.63) is 29.8 Å². The third-order valence-corrected chi connectivity index (χ3v) is 3.27. The normalized spacial score (nSPS) is 31.8. The maximum atomic E-state index is 12.1. The number of hydrogen-bond donors (Lipinski definition) is 0. The van der Waals surface area contributed by atoms with Gasteiger partial charge in [0.25, 0.3) is 0 Å². The van der Waals surface area contributed by atoms with Crippen molar-refractivity contribution in [3.8, 4) is 0 Å². The van der Waals surface area contributed by atoms with E-state index >= 15 is 0 Å². The number of rotatable bonds is 2. The van der Waals surface area contributed by atoms with Crippen molar-refractivity contribution in [1.82, 2.24) is 0 Å². The van der Waals surface area contributed by atoms with Crippen LogP contribution in [-0.4, -0.2) is 32.5 Å². The molecule has 16 heavy (non-hydrogen) atoms. The molecule has 3 atom stereocenters. The lowest BCUT2D eigenvalue weighted by molar-refractivity contribution is -0.119. The highest BCUT2D eigenvalue weighted by Gasteiger charge is 2.53. The van der Waals surface area contributed by atoms with Crippen LogP contribution in [0.25, 0.3) is 0 Å². The van der Waals surface area contributed by atoms with Crippen molar-refractivity contribution < 1.29 is 14.3 Å². The molecule has 2 heterocycles. The Balaban J connectivity index is 1.98. The fraction of sp³-hybridized carbons (Fsp3) is 0.417. The van der Waals surface area contributed by atoms with E-state index in [0.717, 1.165) is 11.3 Å². The minimum absolute atomic E-state index is 0.0887. The number of epoxide rings is 1. The molecular weight excluding hydrogens is 206 g/mol. The summed E-state index contributed by atoms with van der Waals surface area (Å²) in [4.78, 5) is 13.8. The minimum Gasteiger partial charge on any atom is -0.353 e. The number of carbonyl (C=O) groups is 1. The minimum atomic E-state index is -0.228. The largest absolute Gasteiger partial charge is 0.353 e. The monoisotopic (exact) mass is 219 g/mol. The molecule has 84 valence electrons. The van der Waals surface area contributed by atoms with Crippen LogP contribution in [0.5, 0.6) is 0 Å². The summed E-state index contributed by atoms with van der Waals surface area (Å²) in [6, 6.07) is 7.82. The predicted molar refractivity (Wildman–Crippen MR) is 58.3 cm³/mol. The quantitative estimate of drug-likeness (QED) is 0.700. The van der Waals surface area contributed by atoms with Gasteiger partial charge in [0, 0.05) is 19.8 Å². The number of para-hydroxylation sites is 1. The second kappa shape index (κ2) is 3.30. The molecule has 1 fully saturated rings. The highest BCUT2D eigenvalue weighted by atomic mass is 16.8. The van der Waals surface area contributed by atoms with E-state index < -0.39 is 0 Å². The molecule has 1 aromatic carbocycles. The van der Waals surface area contributed by atoms with Crippen LogP contribution in [0.15, 0.2) is 24.3 Å². The van der Waals surface area contributed by atoms with Crippen molar-refractivity contribution in [3.63, 3.8) is 0 Å². The van der Waals surface area contributed by atoms with Crippen LogP contribution >= 0.6 is 0 Å². The Morgan fingerprint density at radius 2 is 2.12 bits per heavy atom. The predicted octanol–water partition coefficient (Wildman–Crippen LogP) is 1.12. The van der Waals surface area contributed by atoms with E-state index in [2.05, 4.69) is 0 Å². The number of ether oxygens (including phenoxy) is 2. The van der Waals surface area contributed by atoms with Gasteiger partial charge in [-0.15, -0.1) is 0 Å². The SMILES string of the molecule is CO[C@H]1O[C@H]1C1C(=O)N(C)c2ccccc21. The molecule has 0 saturated carbocycles. The first-order chi connectivity index (χ1) is 7.74. The molecule has 4 nitrogen and oxygen atoms in total. The third kappa shape index (κ3) is 1.20. The van der Waals surface area contributed by atoms with Gasteiger partial charge in [0.05, 0.1) is 5.92 Å². The van der Waals surface area contributed by atoms with Gasteiger partial charge in [-0.1, -0.05) is 18.2 Å². The van der Waals surface area contributed by atoms with Crippen LogP contribution in [0.3, 0.4) is 0 Å². The van der Waals surface area contributed by atoms with Crippen LogP contribution in [0, 0.1) is 0 Å². The number of carbonyl (C=O) groups excluding carboxylic acids is 1. The number of anilines is 1. The molecule has 3 rings (SSSR count). The molecule has 0 aliphatic carbocycles. The van der Waals surface area contributed by atoms with Crippen molar-refractivity contribution in [2.24, 2.45) is 0 Å². The fourth-order valence-corrected chi connectivity index (χ4v) is 2.37. The molecule has 0 N–H and O–H groups in total. The first-order valence-electron chi connectivity index (χ1n) is 5.29.